The number of aliphatic carboxylic acids is 1. The Labute approximate surface area is 76.7 Å². The molecule has 0 bridgehead atoms. The van der Waals surface area contributed by atoms with Crippen LogP contribution in [-0.2, 0) is 4.79 Å². The molecule has 0 aromatic heterocycles. The fourth-order valence-electron chi connectivity index (χ4n) is 0.993. The van der Waals surface area contributed by atoms with Gasteiger partial charge in [-0.3, -0.25) is 4.99 Å². The molecular weight excluding hydrogens is 166 g/mol. The van der Waals surface area contributed by atoms with Crippen LogP contribution in [-0.4, -0.2) is 17.3 Å². The summed E-state index contributed by atoms with van der Waals surface area (Å²) in [6.07, 6.45) is 0.928. The largest absolute Gasteiger partial charge is 0.477 e. The third kappa shape index (κ3) is 3.07. The van der Waals surface area contributed by atoms with Crippen LogP contribution < -0.4 is 0 Å². The highest BCUT2D eigenvalue weighted by molar-refractivity contribution is 6.22. The predicted octanol–water partition coefficient (Wildman–Crippen LogP) is 1.90. The van der Waals surface area contributed by atoms with Crippen molar-refractivity contribution in [1.82, 2.24) is 0 Å². The van der Waals surface area contributed by atoms with E-state index in [-0.39, 0.29) is 6.04 Å². The van der Waals surface area contributed by atoms with Crippen LogP contribution in [0.15, 0.2) is 35.3 Å². The van der Waals surface area contributed by atoms with Crippen LogP contribution >= 0.6 is 0 Å². The summed E-state index contributed by atoms with van der Waals surface area (Å²) in [6, 6.07) is 9.46. The normalized spacial score (nSPS) is 13.0. The molecular formula is C10H11NO2. The zero-order chi connectivity index (χ0) is 9.68. The van der Waals surface area contributed by atoms with Crippen molar-refractivity contribution in [3.8, 4) is 0 Å². The summed E-state index contributed by atoms with van der Waals surface area (Å²) in [5, 5.41) is 8.36. The van der Waals surface area contributed by atoms with Gasteiger partial charge in [-0.25, -0.2) is 4.79 Å². The SMILES string of the molecule is C[C@@H](N=CC(=O)O)c1ccccc1. The zero-order valence-electron chi connectivity index (χ0n) is 7.34. The lowest BCUT2D eigenvalue weighted by atomic mass is 10.1. The molecule has 0 amide bonds. The molecule has 1 aromatic carbocycles. The first-order chi connectivity index (χ1) is 6.20. The topological polar surface area (TPSA) is 49.7 Å². The molecule has 0 saturated carbocycles. The van der Waals surface area contributed by atoms with Gasteiger partial charge in [0, 0.05) is 0 Å². The molecule has 3 nitrogen and oxygen atoms in total. The molecule has 1 rings (SSSR count). The monoisotopic (exact) mass is 177 g/mol. The van der Waals surface area contributed by atoms with E-state index in [1.54, 1.807) is 0 Å². The van der Waals surface area contributed by atoms with Crippen LogP contribution in [0, 0.1) is 0 Å². The van der Waals surface area contributed by atoms with Gasteiger partial charge < -0.3 is 5.11 Å². The summed E-state index contributed by atoms with van der Waals surface area (Å²) >= 11 is 0. The Hall–Kier alpha value is -1.64. The molecule has 0 saturated heterocycles. The minimum Gasteiger partial charge on any atom is -0.477 e. The van der Waals surface area contributed by atoms with Crippen LogP contribution in [0.2, 0.25) is 0 Å². The van der Waals surface area contributed by atoms with E-state index in [0.717, 1.165) is 11.8 Å². The van der Waals surface area contributed by atoms with E-state index in [2.05, 4.69) is 4.99 Å². The van der Waals surface area contributed by atoms with E-state index in [1.165, 1.54) is 0 Å². The second-order valence-corrected chi connectivity index (χ2v) is 2.70. The average molecular weight is 177 g/mol. The predicted molar refractivity (Wildman–Crippen MR) is 51.0 cm³/mol. The molecule has 1 atom stereocenters. The maximum absolute atomic E-state index is 10.2. The number of nitrogens with zero attached hydrogens (tertiary/aromatic N) is 1. The van der Waals surface area contributed by atoms with Gasteiger partial charge in [-0.1, -0.05) is 30.3 Å². The third-order valence-electron chi connectivity index (χ3n) is 1.69. The van der Waals surface area contributed by atoms with E-state index in [4.69, 9.17) is 5.11 Å². The van der Waals surface area contributed by atoms with Crippen molar-refractivity contribution in [2.24, 2.45) is 4.99 Å². The van der Waals surface area contributed by atoms with E-state index < -0.39 is 5.97 Å². The van der Waals surface area contributed by atoms with Crippen LogP contribution in [0.1, 0.15) is 18.5 Å². The lowest BCUT2D eigenvalue weighted by Gasteiger charge is -2.04. The number of hydrogen-bond acceptors (Lipinski definition) is 2. The molecule has 1 N–H and O–H groups in total. The van der Waals surface area contributed by atoms with Crippen molar-refractivity contribution in [2.45, 2.75) is 13.0 Å². The van der Waals surface area contributed by atoms with Crippen LogP contribution in [0.3, 0.4) is 0 Å². The van der Waals surface area contributed by atoms with Gasteiger partial charge >= 0.3 is 5.97 Å². The maximum Gasteiger partial charge on any atom is 0.346 e. The molecule has 0 fully saturated rings. The molecule has 0 aliphatic heterocycles. The van der Waals surface area contributed by atoms with Gasteiger partial charge in [-0.15, -0.1) is 0 Å². The first-order valence-electron chi connectivity index (χ1n) is 4.01. The molecule has 1 aromatic rings. The van der Waals surface area contributed by atoms with Crippen molar-refractivity contribution in [3.63, 3.8) is 0 Å². The highest BCUT2D eigenvalue weighted by Crippen LogP contribution is 2.14. The van der Waals surface area contributed by atoms with E-state index in [0.29, 0.717) is 0 Å². The van der Waals surface area contributed by atoms with Gasteiger partial charge in [0.15, 0.2) is 0 Å². The van der Waals surface area contributed by atoms with Crippen molar-refractivity contribution in [1.29, 1.82) is 0 Å². The molecule has 68 valence electrons. The molecule has 0 aliphatic carbocycles. The Balaban J connectivity index is 2.69. The van der Waals surface area contributed by atoms with Crippen LogP contribution in [0.4, 0.5) is 0 Å². The lowest BCUT2D eigenvalue weighted by molar-refractivity contribution is -0.128. The van der Waals surface area contributed by atoms with Crippen molar-refractivity contribution < 1.29 is 9.90 Å². The van der Waals surface area contributed by atoms with Crippen LogP contribution in [0.5, 0.6) is 0 Å². The van der Waals surface area contributed by atoms with Gasteiger partial charge in [0.2, 0.25) is 0 Å². The highest BCUT2D eigenvalue weighted by atomic mass is 16.4. The number of aliphatic imine (C=N–C) groups is 1. The third-order valence-corrected chi connectivity index (χ3v) is 1.69. The van der Waals surface area contributed by atoms with E-state index in [1.807, 2.05) is 37.3 Å². The van der Waals surface area contributed by atoms with Gasteiger partial charge in [-0.05, 0) is 12.5 Å². The van der Waals surface area contributed by atoms with Crippen molar-refractivity contribution in [3.05, 3.63) is 35.9 Å². The summed E-state index contributed by atoms with van der Waals surface area (Å²) < 4.78 is 0. The highest BCUT2D eigenvalue weighted by Gasteiger charge is 2.00. The quantitative estimate of drug-likeness (QED) is 0.717. The lowest BCUT2D eigenvalue weighted by Crippen LogP contribution is -1.98. The molecule has 0 aliphatic rings. The average Bonchev–Trinajstić information content (AvgIpc) is 2.15. The number of hydrogen-bond donors (Lipinski definition) is 1. The summed E-state index contributed by atoms with van der Waals surface area (Å²) in [6.45, 7) is 1.86. The number of carbonyl (C=O) groups is 1. The summed E-state index contributed by atoms with van der Waals surface area (Å²) in [7, 11) is 0. The summed E-state index contributed by atoms with van der Waals surface area (Å²) in [4.78, 5) is 14.1. The number of carboxylic acid groups (broad SMARTS) is 1. The Morgan fingerprint density at radius 2 is 2.08 bits per heavy atom. The number of benzene rings is 1. The van der Waals surface area contributed by atoms with Crippen molar-refractivity contribution >= 4 is 12.2 Å². The van der Waals surface area contributed by atoms with Gasteiger partial charge in [0.25, 0.3) is 0 Å². The zero-order valence-corrected chi connectivity index (χ0v) is 7.34. The molecule has 0 heterocycles. The van der Waals surface area contributed by atoms with Gasteiger partial charge in [0.05, 0.1) is 6.04 Å². The molecule has 0 spiro atoms. The van der Waals surface area contributed by atoms with Gasteiger partial charge in [-0.2, -0.15) is 0 Å². The minimum atomic E-state index is -1.01. The van der Waals surface area contributed by atoms with Crippen molar-refractivity contribution in [2.75, 3.05) is 0 Å². The second-order valence-electron chi connectivity index (χ2n) is 2.70. The fraction of sp³-hybridized carbons (Fsp3) is 0.200. The summed E-state index contributed by atoms with van der Waals surface area (Å²) in [5.41, 5.74) is 1.01. The smallest absolute Gasteiger partial charge is 0.346 e. The fourth-order valence-corrected chi connectivity index (χ4v) is 0.993. The Kier molecular flexibility index (Phi) is 3.20. The Bertz CT molecular complexity index is 306. The first kappa shape index (κ1) is 9.45. The summed E-state index contributed by atoms with van der Waals surface area (Å²) in [5.74, 6) is -1.01. The Morgan fingerprint density at radius 3 is 2.62 bits per heavy atom. The number of carboxylic acids is 1. The standard InChI is InChI=1S/C10H11NO2/c1-8(11-7-10(12)13)9-5-3-2-4-6-9/h2-8H,1H3,(H,12,13)/t8-/m1/s1. The Morgan fingerprint density at radius 1 is 1.46 bits per heavy atom. The maximum atomic E-state index is 10.2. The van der Waals surface area contributed by atoms with Crippen LogP contribution in [0.25, 0.3) is 0 Å². The first-order valence-corrected chi connectivity index (χ1v) is 4.01. The molecule has 13 heavy (non-hydrogen) atoms. The second kappa shape index (κ2) is 4.40. The van der Waals surface area contributed by atoms with E-state index >= 15 is 0 Å². The molecule has 0 unspecified atom stereocenters. The minimum absolute atomic E-state index is 0.0997. The van der Waals surface area contributed by atoms with E-state index in [9.17, 15) is 4.79 Å². The molecule has 3 heteroatoms. The molecule has 0 radical (unpaired) electrons. The van der Waals surface area contributed by atoms with Gasteiger partial charge in [0.1, 0.15) is 6.21 Å². The number of rotatable bonds is 3.